The first kappa shape index (κ1) is 27.0. The zero-order valence-electron chi connectivity index (χ0n) is 20.4. The van der Waals surface area contributed by atoms with Crippen molar-refractivity contribution in [2.45, 2.75) is 25.2 Å². The fourth-order valence-electron chi connectivity index (χ4n) is 4.31. The van der Waals surface area contributed by atoms with E-state index in [-0.39, 0.29) is 6.42 Å². The number of fused-ring (bicyclic) bond motifs is 1. The van der Waals surface area contributed by atoms with Gasteiger partial charge in [0.05, 0.1) is 39.3 Å². The third-order valence-corrected chi connectivity index (χ3v) is 7.21. The highest BCUT2D eigenvalue weighted by atomic mass is 35.5. The van der Waals surface area contributed by atoms with Crippen LogP contribution in [-0.4, -0.2) is 43.5 Å². The predicted octanol–water partition coefficient (Wildman–Crippen LogP) is 6.32. The number of aliphatic carboxylic acids is 1. The maximum absolute atomic E-state index is 11.8. The second-order valence-electron chi connectivity index (χ2n) is 8.27. The molecule has 10 heteroatoms. The summed E-state index contributed by atoms with van der Waals surface area (Å²) in [6, 6.07) is 16.2. The normalized spacial score (nSPS) is 17.1. The molecular weight excluding hydrogens is 537 g/mol. The second kappa shape index (κ2) is 11.6. The van der Waals surface area contributed by atoms with E-state index in [4.69, 9.17) is 54.4 Å². The molecule has 0 aromatic heterocycles. The van der Waals surface area contributed by atoms with E-state index in [0.717, 1.165) is 5.56 Å². The Bertz CT molecular complexity index is 1330. The maximum atomic E-state index is 11.8. The van der Waals surface area contributed by atoms with E-state index < -0.39 is 18.2 Å². The van der Waals surface area contributed by atoms with Gasteiger partial charge in [-0.2, -0.15) is 0 Å². The fraction of sp³-hybridized carbons (Fsp3) is 0.259. The average molecular weight is 562 g/mol. The van der Waals surface area contributed by atoms with Crippen molar-refractivity contribution in [2.75, 3.05) is 26.2 Å². The van der Waals surface area contributed by atoms with Gasteiger partial charge in [0.1, 0.15) is 34.4 Å². The third kappa shape index (κ3) is 5.62. The molecule has 1 N–H and O–H groups in total. The lowest BCUT2D eigenvalue weighted by Gasteiger charge is -2.28. The van der Waals surface area contributed by atoms with E-state index in [1.807, 2.05) is 29.2 Å². The number of thiocarbonyl (C=S) groups is 1. The third-order valence-electron chi connectivity index (χ3n) is 6.08. The molecule has 0 saturated heterocycles. The van der Waals surface area contributed by atoms with Crippen molar-refractivity contribution in [2.24, 2.45) is 0 Å². The Morgan fingerprint density at radius 3 is 2.43 bits per heavy atom. The number of anilines is 1. The van der Waals surface area contributed by atoms with Gasteiger partial charge in [0.15, 0.2) is 0 Å². The van der Waals surface area contributed by atoms with Crippen LogP contribution in [0, 0.1) is 0 Å². The molecule has 4 rings (SSSR count). The summed E-state index contributed by atoms with van der Waals surface area (Å²) < 4.78 is 22.8. The highest BCUT2D eigenvalue weighted by molar-refractivity contribution is 7.80. The topological polar surface area (TPSA) is 77.5 Å². The van der Waals surface area contributed by atoms with Crippen molar-refractivity contribution in [1.82, 2.24) is 0 Å². The zero-order valence-corrected chi connectivity index (χ0v) is 22.7. The molecule has 0 radical (unpaired) electrons. The number of hydrogen-bond acceptors (Lipinski definition) is 6. The number of carbonyl (C=O) groups is 1. The van der Waals surface area contributed by atoms with Gasteiger partial charge >= 0.3 is 5.97 Å². The largest absolute Gasteiger partial charge is 0.497 e. The minimum Gasteiger partial charge on any atom is -0.497 e. The van der Waals surface area contributed by atoms with E-state index >= 15 is 0 Å². The Kier molecular flexibility index (Phi) is 8.44. The van der Waals surface area contributed by atoms with Gasteiger partial charge in [0, 0.05) is 33.5 Å². The lowest BCUT2D eigenvalue weighted by Crippen LogP contribution is -2.38. The van der Waals surface area contributed by atoms with Crippen molar-refractivity contribution in [3.8, 4) is 17.2 Å². The molecule has 0 unspecified atom stereocenters. The number of carboxylic acid groups (broad SMARTS) is 1. The molecule has 1 aliphatic heterocycles. The molecule has 0 saturated carbocycles. The van der Waals surface area contributed by atoms with Crippen molar-refractivity contribution >= 4 is 52.1 Å². The molecule has 0 aliphatic carbocycles. The molecule has 37 heavy (non-hydrogen) atoms. The van der Waals surface area contributed by atoms with Crippen molar-refractivity contribution in [3.05, 3.63) is 81.3 Å². The van der Waals surface area contributed by atoms with Gasteiger partial charge in [0.2, 0.25) is 0 Å². The van der Waals surface area contributed by atoms with Crippen LogP contribution in [0.4, 0.5) is 5.69 Å². The van der Waals surface area contributed by atoms with Gasteiger partial charge in [-0.25, -0.2) is 0 Å². The Morgan fingerprint density at radius 1 is 1.00 bits per heavy atom. The first-order chi connectivity index (χ1) is 17.8. The Morgan fingerprint density at radius 2 is 1.76 bits per heavy atom. The summed E-state index contributed by atoms with van der Waals surface area (Å²) in [6.07, 6.45) is -2.04. The van der Waals surface area contributed by atoms with Crippen LogP contribution < -0.4 is 19.1 Å². The molecule has 0 amide bonds. The number of halogens is 2. The second-order valence-corrected chi connectivity index (χ2v) is 9.50. The van der Waals surface area contributed by atoms with E-state index in [1.54, 1.807) is 44.6 Å². The molecule has 0 fully saturated rings. The van der Waals surface area contributed by atoms with Crippen molar-refractivity contribution in [1.29, 1.82) is 0 Å². The summed E-state index contributed by atoms with van der Waals surface area (Å²) >= 11 is 19.0. The molecule has 0 bridgehead atoms. The lowest BCUT2D eigenvalue weighted by molar-refractivity contribution is -0.139. The average Bonchev–Trinajstić information content (AvgIpc) is 2.99. The summed E-state index contributed by atoms with van der Waals surface area (Å²) in [5.41, 5.74) is 2.82. The SMILES string of the molecule is COc1ccc(CN2C(=S)[C@H](CC(=O)O)O[C@@H](c3cccc(OC)c3Cl)c3cc(Cl)ccc32)c(OC)c1. The van der Waals surface area contributed by atoms with E-state index in [0.29, 0.717) is 55.6 Å². The molecule has 3 aromatic carbocycles. The number of methoxy groups -OCH3 is 3. The molecule has 3 aromatic rings. The van der Waals surface area contributed by atoms with Gasteiger partial charge < -0.3 is 29.0 Å². The molecule has 1 aliphatic rings. The van der Waals surface area contributed by atoms with Crippen LogP contribution in [-0.2, 0) is 16.1 Å². The quantitative estimate of drug-likeness (QED) is 0.320. The van der Waals surface area contributed by atoms with Crippen LogP contribution in [0.1, 0.15) is 29.2 Å². The Balaban J connectivity index is 1.90. The van der Waals surface area contributed by atoms with Crippen LogP contribution in [0.25, 0.3) is 0 Å². The smallest absolute Gasteiger partial charge is 0.306 e. The Hall–Kier alpha value is -3.04. The van der Waals surface area contributed by atoms with E-state index in [1.165, 1.54) is 7.11 Å². The highest BCUT2D eigenvalue weighted by Crippen LogP contribution is 2.44. The monoisotopic (exact) mass is 561 g/mol. The highest BCUT2D eigenvalue weighted by Gasteiger charge is 2.37. The van der Waals surface area contributed by atoms with Crippen LogP contribution in [0.15, 0.2) is 54.6 Å². The van der Waals surface area contributed by atoms with Crippen LogP contribution >= 0.6 is 35.4 Å². The van der Waals surface area contributed by atoms with Gasteiger partial charge in [0.25, 0.3) is 0 Å². The predicted molar refractivity (Wildman–Crippen MR) is 147 cm³/mol. The summed E-state index contributed by atoms with van der Waals surface area (Å²) in [5, 5.41) is 10.5. The summed E-state index contributed by atoms with van der Waals surface area (Å²) in [7, 11) is 4.68. The molecule has 7 nitrogen and oxygen atoms in total. The molecular formula is C27H25Cl2NO6S. The first-order valence-electron chi connectivity index (χ1n) is 11.3. The van der Waals surface area contributed by atoms with E-state index in [9.17, 15) is 9.90 Å². The zero-order chi connectivity index (χ0) is 26.7. The number of benzene rings is 3. The van der Waals surface area contributed by atoms with Gasteiger partial charge in [-0.1, -0.05) is 47.6 Å². The number of carboxylic acids is 1. The number of rotatable bonds is 8. The standard InChI is InChI=1S/C27H25Cl2NO6S/c1-33-17-9-7-15(22(12-17)35-3)14-30-20-10-8-16(28)11-19(20)26(36-23(27(30)37)13-24(31)32)18-5-4-6-21(34-2)25(18)29/h4-12,23,26H,13-14H2,1-3H3,(H,31,32)/t23-,26-/m0/s1. The molecule has 0 spiro atoms. The molecule has 1 heterocycles. The summed E-state index contributed by atoms with van der Waals surface area (Å²) in [4.78, 5) is 14.0. The Labute approximate surface area is 230 Å². The minimum absolute atomic E-state index is 0.290. The van der Waals surface area contributed by atoms with E-state index in [2.05, 4.69) is 0 Å². The van der Waals surface area contributed by atoms with Crippen LogP contribution in [0.3, 0.4) is 0 Å². The molecule has 194 valence electrons. The minimum atomic E-state index is -1.05. The van der Waals surface area contributed by atoms with Gasteiger partial charge in [-0.3, -0.25) is 4.79 Å². The van der Waals surface area contributed by atoms with Gasteiger partial charge in [-0.05, 0) is 36.4 Å². The molecule has 2 atom stereocenters. The number of hydrogen-bond donors (Lipinski definition) is 1. The summed E-state index contributed by atoms with van der Waals surface area (Å²) in [5.74, 6) is 0.664. The summed E-state index contributed by atoms with van der Waals surface area (Å²) in [6.45, 7) is 0.290. The van der Waals surface area contributed by atoms with Gasteiger partial charge in [-0.15, -0.1) is 0 Å². The van der Waals surface area contributed by atoms with Crippen LogP contribution in [0.5, 0.6) is 17.2 Å². The fourth-order valence-corrected chi connectivity index (χ4v) is 5.09. The number of ether oxygens (including phenoxy) is 4. The maximum Gasteiger partial charge on any atom is 0.306 e. The number of nitrogens with zero attached hydrogens (tertiary/aromatic N) is 1. The van der Waals surface area contributed by atoms with Crippen LogP contribution in [0.2, 0.25) is 10.0 Å². The van der Waals surface area contributed by atoms with Crippen molar-refractivity contribution < 1.29 is 28.8 Å². The lowest BCUT2D eigenvalue weighted by atomic mass is 9.98. The van der Waals surface area contributed by atoms with Crippen molar-refractivity contribution in [3.63, 3.8) is 0 Å². The first-order valence-corrected chi connectivity index (χ1v) is 12.4.